The third-order valence-electron chi connectivity index (χ3n) is 7.84. The number of carbonyl (C=O) groups is 3. The third kappa shape index (κ3) is 5.31. The van der Waals surface area contributed by atoms with Gasteiger partial charge in [0.1, 0.15) is 17.6 Å². The Bertz CT molecular complexity index is 1160. The van der Waals surface area contributed by atoms with Gasteiger partial charge in [-0.3, -0.25) is 19.3 Å². The Morgan fingerprint density at radius 3 is 2.29 bits per heavy atom. The molecule has 0 saturated carbocycles. The molecular weight excluding hydrogens is 489 g/mol. The van der Waals surface area contributed by atoms with E-state index in [-0.39, 0.29) is 30.1 Å². The summed E-state index contributed by atoms with van der Waals surface area (Å²) in [5.74, 6) is -1.21. The van der Waals surface area contributed by atoms with Gasteiger partial charge in [0.15, 0.2) is 0 Å². The molecule has 202 valence electrons. The maximum Gasteiger partial charge on any atom is 0.256 e. The molecule has 0 radical (unpaired) electrons. The molecule has 5 rings (SSSR count). The molecule has 0 bridgehead atoms. The Labute approximate surface area is 222 Å². The van der Waals surface area contributed by atoms with E-state index < -0.39 is 23.5 Å². The highest BCUT2D eigenvalue weighted by Gasteiger charge is 2.54. The monoisotopic (exact) mass is 523 g/mol. The second-order valence-electron chi connectivity index (χ2n) is 10.2. The standard InChI is InChI=1S/C29H34FN3O5/c1-2-20-5-7-21(8-6-20)27(35)32-15-13-29(14-16-32)33(28(36)22-9-11-23(30)12-10-22)25(19-38-29)26(34)31-18-24-4-3-17-37-24/h5-12,24-25H,2-4,13-19H2,1H3,(H,31,34)/t24-,25+/m1/s1. The number of piperidine rings is 1. The number of rotatable bonds is 6. The minimum atomic E-state index is -1.03. The highest BCUT2D eigenvalue weighted by atomic mass is 19.1. The van der Waals surface area contributed by atoms with Crippen LogP contribution in [0.3, 0.4) is 0 Å². The molecule has 3 saturated heterocycles. The maximum absolute atomic E-state index is 13.7. The molecule has 3 fully saturated rings. The largest absolute Gasteiger partial charge is 0.376 e. The van der Waals surface area contributed by atoms with E-state index in [9.17, 15) is 18.8 Å². The zero-order chi connectivity index (χ0) is 26.7. The number of nitrogens with zero attached hydrogens (tertiary/aromatic N) is 2. The summed E-state index contributed by atoms with van der Waals surface area (Å²) in [5, 5.41) is 2.93. The van der Waals surface area contributed by atoms with Crippen LogP contribution in [0, 0.1) is 5.82 Å². The number of amides is 3. The van der Waals surface area contributed by atoms with E-state index in [1.54, 1.807) is 4.90 Å². The lowest BCUT2D eigenvalue weighted by molar-refractivity contribution is -0.128. The van der Waals surface area contributed by atoms with Gasteiger partial charge in [-0.15, -0.1) is 0 Å². The molecule has 9 heteroatoms. The van der Waals surface area contributed by atoms with Crippen molar-refractivity contribution in [2.75, 3.05) is 32.8 Å². The Morgan fingerprint density at radius 2 is 1.66 bits per heavy atom. The molecule has 8 nitrogen and oxygen atoms in total. The van der Waals surface area contributed by atoms with Crippen LogP contribution in [0.5, 0.6) is 0 Å². The Morgan fingerprint density at radius 1 is 1.00 bits per heavy atom. The lowest BCUT2D eigenvalue weighted by Gasteiger charge is -2.44. The Kier molecular flexibility index (Phi) is 7.76. The van der Waals surface area contributed by atoms with Crippen molar-refractivity contribution >= 4 is 17.7 Å². The van der Waals surface area contributed by atoms with E-state index in [1.807, 2.05) is 24.3 Å². The molecule has 1 N–H and O–H groups in total. The number of nitrogens with one attached hydrogen (secondary N) is 1. The summed E-state index contributed by atoms with van der Waals surface area (Å²) < 4.78 is 25.4. The summed E-state index contributed by atoms with van der Waals surface area (Å²) in [6, 6.07) is 12.1. The van der Waals surface area contributed by atoms with Gasteiger partial charge in [0.25, 0.3) is 11.8 Å². The second kappa shape index (κ2) is 11.2. The minimum absolute atomic E-state index is 0.0304. The summed E-state index contributed by atoms with van der Waals surface area (Å²) in [5.41, 5.74) is 1.04. The van der Waals surface area contributed by atoms with Crippen LogP contribution in [-0.2, 0) is 20.7 Å². The molecule has 2 aromatic rings. The topological polar surface area (TPSA) is 88.2 Å². The first kappa shape index (κ1) is 26.3. The average molecular weight is 524 g/mol. The van der Waals surface area contributed by atoms with Crippen molar-refractivity contribution in [2.24, 2.45) is 0 Å². The van der Waals surface area contributed by atoms with Crippen molar-refractivity contribution in [2.45, 2.75) is 56.9 Å². The van der Waals surface area contributed by atoms with Crippen LogP contribution >= 0.6 is 0 Å². The molecule has 0 aromatic heterocycles. The predicted octanol–water partition coefficient (Wildman–Crippen LogP) is 3.16. The van der Waals surface area contributed by atoms with Crippen LogP contribution in [0.15, 0.2) is 48.5 Å². The van der Waals surface area contributed by atoms with Crippen molar-refractivity contribution in [3.63, 3.8) is 0 Å². The number of halogens is 1. The fourth-order valence-corrected chi connectivity index (χ4v) is 5.56. The van der Waals surface area contributed by atoms with E-state index >= 15 is 0 Å². The van der Waals surface area contributed by atoms with E-state index in [0.717, 1.165) is 24.8 Å². The van der Waals surface area contributed by atoms with Crippen LogP contribution in [0.2, 0.25) is 0 Å². The van der Waals surface area contributed by atoms with Crippen molar-refractivity contribution in [3.05, 3.63) is 71.0 Å². The van der Waals surface area contributed by atoms with Gasteiger partial charge in [-0.05, 0) is 61.2 Å². The molecular formula is C29H34FN3O5. The Hall–Kier alpha value is -3.30. The van der Waals surface area contributed by atoms with Crippen LogP contribution in [0.1, 0.15) is 58.9 Å². The van der Waals surface area contributed by atoms with Crippen molar-refractivity contribution in [1.29, 1.82) is 0 Å². The number of hydrogen-bond acceptors (Lipinski definition) is 5. The number of hydrogen-bond donors (Lipinski definition) is 1. The Balaban J connectivity index is 1.33. The van der Waals surface area contributed by atoms with E-state index in [4.69, 9.17) is 9.47 Å². The quantitative estimate of drug-likeness (QED) is 0.629. The van der Waals surface area contributed by atoms with Crippen LogP contribution in [0.25, 0.3) is 0 Å². The normalized spacial score (nSPS) is 22.6. The molecule has 3 aliphatic rings. The summed E-state index contributed by atoms with van der Waals surface area (Å²) in [6.07, 6.45) is 3.45. The van der Waals surface area contributed by atoms with E-state index in [1.165, 1.54) is 29.2 Å². The zero-order valence-electron chi connectivity index (χ0n) is 21.7. The van der Waals surface area contributed by atoms with Gasteiger partial charge in [0.05, 0.1) is 12.7 Å². The van der Waals surface area contributed by atoms with Gasteiger partial charge >= 0.3 is 0 Å². The number of benzene rings is 2. The van der Waals surface area contributed by atoms with Gasteiger partial charge in [0, 0.05) is 50.2 Å². The predicted molar refractivity (Wildman–Crippen MR) is 138 cm³/mol. The van der Waals surface area contributed by atoms with Crippen LogP contribution in [0.4, 0.5) is 4.39 Å². The van der Waals surface area contributed by atoms with Crippen LogP contribution in [-0.4, -0.2) is 78.2 Å². The van der Waals surface area contributed by atoms with Gasteiger partial charge < -0.3 is 19.7 Å². The summed E-state index contributed by atoms with van der Waals surface area (Å²) in [7, 11) is 0. The van der Waals surface area contributed by atoms with Crippen LogP contribution < -0.4 is 5.32 Å². The van der Waals surface area contributed by atoms with Crippen molar-refractivity contribution in [1.82, 2.24) is 15.1 Å². The zero-order valence-corrected chi connectivity index (χ0v) is 21.7. The molecule has 2 aromatic carbocycles. The van der Waals surface area contributed by atoms with Crippen molar-refractivity contribution < 1.29 is 28.2 Å². The SMILES string of the molecule is CCc1ccc(C(=O)N2CCC3(CC2)OC[C@@H](C(=O)NC[C@H]2CCCO2)N3C(=O)c2ccc(F)cc2)cc1. The number of carbonyl (C=O) groups excluding carboxylic acids is 3. The summed E-state index contributed by atoms with van der Waals surface area (Å²) in [6.45, 7) is 3.94. The summed E-state index contributed by atoms with van der Waals surface area (Å²) >= 11 is 0. The van der Waals surface area contributed by atoms with Gasteiger partial charge in [-0.1, -0.05) is 19.1 Å². The van der Waals surface area contributed by atoms with Crippen molar-refractivity contribution in [3.8, 4) is 0 Å². The molecule has 1 spiro atoms. The van der Waals surface area contributed by atoms with Gasteiger partial charge in [-0.2, -0.15) is 0 Å². The molecule has 38 heavy (non-hydrogen) atoms. The lowest BCUT2D eigenvalue weighted by atomic mass is 9.96. The van der Waals surface area contributed by atoms with Gasteiger partial charge in [0.2, 0.25) is 5.91 Å². The number of likely N-dealkylation sites (tertiary alicyclic amines) is 1. The number of ether oxygens (including phenoxy) is 2. The number of aryl methyl sites for hydroxylation is 1. The van der Waals surface area contributed by atoms with E-state index in [0.29, 0.717) is 44.6 Å². The van der Waals surface area contributed by atoms with Gasteiger partial charge in [-0.25, -0.2) is 4.39 Å². The van der Waals surface area contributed by atoms with E-state index in [2.05, 4.69) is 12.2 Å². The molecule has 3 heterocycles. The molecule has 3 aliphatic heterocycles. The smallest absolute Gasteiger partial charge is 0.256 e. The maximum atomic E-state index is 13.7. The average Bonchev–Trinajstić information content (AvgIpc) is 3.60. The molecule has 0 unspecified atom stereocenters. The minimum Gasteiger partial charge on any atom is -0.376 e. The molecule has 2 atom stereocenters. The fourth-order valence-electron chi connectivity index (χ4n) is 5.56. The first-order chi connectivity index (χ1) is 18.4. The third-order valence-corrected chi connectivity index (χ3v) is 7.84. The second-order valence-corrected chi connectivity index (χ2v) is 10.2. The highest BCUT2D eigenvalue weighted by molar-refractivity contribution is 5.98. The summed E-state index contributed by atoms with van der Waals surface area (Å²) in [4.78, 5) is 43.4. The lowest BCUT2D eigenvalue weighted by Crippen LogP contribution is -2.60. The first-order valence-electron chi connectivity index (χ1n) is 13.4. The molecule has 0 aliphatic carbocycles. The first-order valence-corrected chi connectivity index (χ1v) is 13.4. The molecule has 3 amide bonds. The fraction of sp³-hybridized carbons (Fsp3) is 0.483. The highest BCUT2D eigenvalue weighted by Crippen LogP contribution is 2.39.